The second-order valence-corrected chi connectivity index (χ2v) is 5.32. The highest BCUT2D eigenvalue weighted by Gasteiger charge is 2.43. The summed E-state index contributed by atoms with van der Waals surface area (Å²) >= 11 is 12.0. The van der Waals surface area contributed by atoms with Crippen LogP contribution in [0.25, 0.3) is 0 Å². The van der Waals surface area contributed by atoms with Crippen LogP contribution in [-0.2, 0) is 11.3 Å². The maximum absolute atomic E-state index is 6.15. The quantitative estimate of drug-likeness (QED) is 0.758. The first kappa shape index (κ1) is 10.8. The molecule has 2 atom stereocenters. The van der Waals surface area contributed by atoms with E-state index in [0.717, 1.165) is 36.6 Å². The van der Waals surface area contributed by atoms with Crippen LogP contribution >= 0.6 is 23.2 Å². The zero-order chi connectivity index (χ0) is 11.1. The molecule has 0 bridgehead atoms. The molecule has 0 aromatic heterocycles. The Labute approximate surface area is 105 Å². The van der Waals surface area contributed by atoms with Crippen LogP contribution in [0.15, 0.2) is 18.2 Å². The molecule has 86 valence electrons. The molecular formula is C12H13Cl2NO. The first-order chi connectivity index (χ1) is 7.72. The van der Waals surface area contributed by atoms with Crippen molar-refractivity contribution in [2.45, 2.75) is 25.2 Å². The number of hydrogen-bond acceptors (Lipinski definition) is 2. The molecule has 0 N–H and O–H groups in total. The van der Waals surface area contributed by atoms with Crippen LogP contribution in [0.5, 0.6) is 0 Å². The Hall–Kier alpha value is -0.280. The van der Waals surface area contributed by atoms with Gasteiger partial charge < -0.3 is 4.74 Å². The van der Waals surface area contributed by atoms with Gasteiger partial charge in [-0.05, 0) is 24.1 Å². The van der Waals surface area contributed by atoms with Crippen molar-refractivity contribution >= 4 is 23.2 Å². The van der Waals surface area contributed by atoms with Crippen molar-refractivity contribution in [3.05, 3.63) is 33.8 Å². The van der Waals surface area contributed by atoms with Crippen molar-refractivity contribution < 1.29 is 4.74 Å². The second-order valence-electron chi connectivity index (χ2n) is 4.47. The second kappa shape index (κ2) is 4.19. The predicted octanol–water partition coefficient (Wildman–Crippen LogP) is 2.97. The summed E-state index contributed by atoms with van der Waals surface area (Å²) in [5.41, 5.74) is 1.14. The van der Waals surface area contributed by atoms with Crippen molar-refractivity contribution in [2.75, 3.05) is 13.1 Å². The van der Waals surface area contributed by atoms with Gasteiger partial charge in [-0.2, -0.15) is 0 Å². The molecule has 1 aromatic rings. The number of piperidine rings is 1. The van der Waals surface area contributed by atoms with E-state index >= 15 is 0 Å². The number of likely N-dealkylation sites (tertiary alicyclic amines) is 1. The number of nitrogens with zero attached hydrogens (tertiary/aromatic N) is 1. The molecule has 2 fully saturated rings. The number of halogens is 2. The predicted molar refractivity (Wildman–Crippen MR) is 65.0 cm³/mol. The molecular weight excluding hydrogens is 245 g/mol. The zero-order valence-electron chi connectivity index (χ0n) is 8.83. The molecule has 0 aliphatic carbocycles. The van der Waals surface area contributed by atoms with E-state index in [1.165, 1.54) is 0 Å². The largest absolute Gasteiger partial charge is 0.368 e. The molecule has 0 unspecified atom stereocenters. The van der Waals surface area contributed by atoms with Crippen LogP contribution in [-0.4, -0.2) is 30.2 Å². The molecule has 2 aliphatic rings. The van der Waals surface area contributed by atoms with E-state index in [-0.39, 0.29) is 0 Å². The van der Waals surface area contributed by atoms with E-state index < -0.39 is 0 Å². The molecule has 2 heterocycles. The lowest BCUT2D eigenvalue weighted by atomic mass is 10.1. The lowest BCUT2D eigenvalue weighted by molar-refractivity contribution is 0.237. The van der Waals surface area contributed by atoms with Gasteiger partial charge >= 0.3 is 0 Å². The van der Waals surface area contributed by atoms with Crippen LogP contribution in [0.4, 0.5) is 0 Å². The fourth-order valence-electron chi connectivity index (χ4n) is 2.28. The molecule has 2 saturated heterocycles. The number of ether oxygens (including phenoxy) is 1. The molecule has 0 saturated carbocycles. The number of epoxide rings is 1. The van der Waals surface area contributed by atoms with Crippen LogP contribution in [0.3, 0.4) is 0 Å². The third kappa shape index (κ3) is 2.21. The molecule has 0 radical (unpaired) electrons. The van der Waals surface area contributed by atoms with Gasteiger partial charge in [0.1, 0.15) is 0 Å². The van der Waals surface area contributed by atoms with Gasteiger partial charge in [0.25, 0.3) is 0 Å². The minimum Gasteiger partial charge on any atom is -0.368 e. The molecule has 4 heteroatoms. The van der Waals surface area contributed by atoms with Crippen LogP contribution in [0.1, 0.15) is 12.0 Å². The van der Waals surface area contributed by atoms with Crippen molar-refractivity contribution in [3.63, 3.8) is 0 Å². The van der Waals surface area contributed by atoms with Crippen LogP contribution in [0, 0.1) is 0 Å². The van der Waals surface area contributed by atoms with E-state index in [2.05, 4.69) is 4.90 Å². The Kier molecular flexibility index (Phi) is 2.84. The highest BCUT2D eigenvalue weighted by molar-refractivity contribution is 6.35. The molecule has 3 rings (SSSR count). The van der Waals surface area contributed by atoms with Gasteiger partial charge in [0.05, 0.1) is 12.2 Å². The lowest BCUT2D eigenvalue weighted by Gasteiger charge is -2.24. The van der Waals surface area contributed by atoms with E-state index in [1.807, 2.05) is 12.1 Å². The summed E-state index contributed by atoms with van der Waals surface area (Å²) in [6, 6.07) is 5.70. The van der Waals surface area contributed by atoms with Gasteiger partial charge in [-0.15, -0.1) is 0 Å². The minimum atomic E-state index is 0.472. The van der Waals surface area contributed by atoms with Gasteiger partial charge in [0, 0.05) is 29.7 Å². The maximum Gasteiger partial charge on any atom is 0.0969 e. The summed E-state index contributed by atoms with van der Waals surface area (Å²) in [5.74, 6) is 0. The first-order valence-corrected chi connectivity index (χ1v) is 6.30. The Morgan fingerprint density at radius 1 is 1.31 bits per heavy atom. The average molecular weight is 258 g/mol. The lowest BCUT2D eigenvalue weighted by Crippen LogP contribution is -2.34. The molecule has 0 amide bonds. The van der Waals surface area contributed by atoms with Crippen molar-refractivity contribution in [1.82, 2.24) is 4.90 Å². The SMILES string of the molecule is Clc1ccc(CN2CC[C@H]3O[C@H]3C2)c(Cl)c1. The van der Waals surface area contributed by atoms with Gasteiger partial charge in [-0.25, -0.2) is 0 Å². The standard InChI is InChI=1S/C12H13Cl2NO/c13-9-2-1-8(10(14)5-9)6-15-4-3-11-12(7-15)16-11/h1-2,5,11-12H,3-4,6-7H2/t11-,12+/m1/s1. The van der Waals surface area contributed by atoms with E-state index in [4.69, 9.17) is 27.9 Å². The Balaban J connectivity index is 1.68. The summed E-state index contributed by atoms with van der Waals surface area (Å²) in [7, 11) is 0. The summed E-state index contributed by atoms with van der Waals surface area (Å²) in [5, 5.41) is 1.45. The normalized spacial score (nSPS) is 28.9. The third-order valence-electron chi connectivity index (χ3n) is 3.26. The van der Waals surface area contributed by atoms with E-state index in [1.54, 1.807) is 6.07 Å². The van der Waals surface area contributed by atoms with Gasteiger partial charge in [0.2, 0.25) is 0 Å². The van der Waals surface area contributed by atoms with Gasteiger partial charge in [-0.3, -0.25) is 4.90 Å². The van der Waals surface area contributed by atoms with Crippen LogP contribution in [0.2, 0.25) is 10.0 Å². The molecule has 2 nitrogen and oxygen atoms in total. The minimum absolute atomic E-state index is 0.472. The Bertz CT molecular complexity index is 410. The van der Waals surface area contributed by atoms with Crippen molar-refractivity contribution in [2.24, 2.45) is 0 Å². The maximum atomic E-state index is 6.15. The first-order valence-electron chi connectivity index (χ1n) is 5.54. The van der Waals surface area contributed by atoms with Gasteiger partial charge in [-0.1, -0.05) is 29.3 Å². The summed E-state index contributed by atoms with van der Waals surface area (Å²) < 4.78 is 5.50. The molecule has 0 spiro atoms. The Morgan fingerprint density at radius 2 is 2.19 bits per heavy atom. The third-order valence-corrected chi connectivity index (χ3v) is 3.85. The zero-order valence-corrected chi connectivity index (χ0v) is 10.3. The van der Waals surface area contributed by atoms with E-state index in [9.17, 15) is 0 Å². The van der Waals surface area contributed by atoms with Gasteiger partial charge in [0.15, 0.2) is 0 Å². The molecule has 2 aliphatic heterocycles. The fourth-order valence-corrected chi connectivity index (χ4v) is 2.75. The van der Waals surface area contributed by atoms with Crippen molar-refractivity contribution in [1.29, 1.82) is 0 Å². The summed E-state index contributed by atoms with van der Waals surface area (Å²) in [6.07, 6.45) is 2.16. The highest BCUT2D eigenvalue weighted by Crippen LogP contribution is 2.32. The number of rotatable bonds is 2. The molecule has 16 heavy (non-hydrogen) atoms. The topological polar surface area (TPSA) is 15.8 Å². The number of benzene rings is 1. The van der Waals surface area contributed by atoms with Crippen LogP contribution < -0.4 is 0 Å². The number of fused-ring (bicyclic) bond motifs is 1. The number of hydrogen-bond donors (Lipinski definition) is 0. The fraction of sp³-hybridized carbons (Fsp3) is 0.500. The highest BCUT2D eigenvalue weighted by atomic mass is 35.5. The van der Waals surface area contributed by atoms with E-state index in [0.29, 0.717) is 17.2 Å². The molecule has 1 aromatic carbocycles. The monoisotopic (exact) mass is 257 g/mol. The summed E-state index contributed by atoms with van der Waals surface area (Å²) in [4.78, 5) is 2.39. The Morgan fingerprint density at radius 3 is 2.94 bits per heavy atom. The smallest absolute Gasteiger partial charge is 0.0969 e. The average Bonchev–Trinajstić information content (AvgIpc) is 3.00. The summed E-state index contributed by atoms with van der Waals surface area (Å²) in [6.45, 7) is 3.02. The van der Waals surface area contributed by atoms with Crippen molar-refractivity contribution in [3.8, 4) is 0 Å².